The first-order chi connectivity index (χ1) is 5.62. The summed E-state index contributed by atoms with van der Waals surface area (Å²) in [4.78, 5) is 0. The molecular weight excluding hydrogens is 204 g/mol. The van der Waals surface area contributed by atoms with Gasteiger partial charge < -0.3 is 5.73 Å². The molecule has 1 aromatic rings. The average molecular weight is 221 g/mol. The number of nitrogens with two attached hydrogens (primary N) is 1. The fourth-order valence-electron chi connectivity index (χ4n) is 1.19. The summed E-state index contributed by atoms with van der Waals surface area (Å²) in [5.74, 6) is 0. The van der Waals surface area contributed by atoms with E-state index in [1.807, 2.05) is 6.07 Å². The minimum atomic E-state index is 0. The van der Waals surface area contributed by atoms with Crippen LogP contribution in [0.2, 0.25) is 0 Å². The topological polar surface area (TPSA) is 38.9 Å². The lowest BCUT2D eigenvalue weighted by Gasteiger charge is -2.23. The number of hydrogen-bond acceptors (Lipinski definition) is 3. The van der Waals surface area contributed by atoms with Crippen molar-refractivity contribution in [3.05, 3.63) is 11.8 Å². The van der Waals surface area contributed by atoms with Crippen LogP contribution in [-0.2, 0) is 5.41 Å². The van der Waals surface area contributed by atoms with Gasteiger partial charge in [0.25, 0.3) is 0 Å². The number of nitrogen functional groups attached to an aromatic ring is 1. The molecule has 2 N–H and O–H groups in total. The van der Waals surface area contributed by atoms with Crippen LogP contribution in [0.4, 0.5) is 5.00 Å². The van der Waals surface area contributed by atoms with Crippen LogP contribution in [0, 0.1) is 0 Å². The molecule has 0 aliphatic rings. The van der Waals surface area contributed by atoms with Crippen LogP contribution in [0.15, 0.2) is 6.07 Å². The lowest BCUT2D eigenvalue weighted by molar-refractivity contribution is 0.430. The molecule has 0 atom stereocenters. The van der Waals surface area contributed by atoms with Crippen molar-refractivity contribution in [1.82, 2.24) is 4.37 Å². The number of hydrogen-bond donors (Lipinski definition) is 1. The van der Waals surface area contributed by atoms with Gasteiger partial charge in [0.05, 0.1) is 5.69 Å². The number of nitrogens with zero attached hydrogens (tertiary/aromatic N) is 1. The molecule has 0 radical (unpaired) electrons. The Morgan fingerprint density at radius 3 is 2.31 bits per heavy atom. The highest BCUT2D eigenvalue weighted by molar-refractivity contribution is 7.10. The normalized spacial score (nSPS) is 11.0. The van der Waals surface area contributed by atoms with Crippen LogP contribution in [0.1, 0.15) is 39.3 Å². The Bertz CT molecular complexity index is 256. The largest absolute Gasteiger partial charge is 0.389 e. The van der Waals surface area contributed by atoms with Gasteiger partial charge in [-0.3, -0.25) is 0 Å². The number of anilines is 1. The molecule has 0 saturated carbocycles. The van der Waals surface area contributed by atoms with Gasteiger partial charge in [0.2, 0.25) is 0 Å². The zero-order valence-electron chi connectivity index (χ0n) is 8.33. The van der Waals surface area contributed by atoms with Crippen molar-refractivity contribution in [2.75, 3.05) is 5.73 Å². The Labute approximate surface area is 90.1 Å². The van der Waals surface area contributed by atoms with Gasteiger partial charge in [0.1, 0.15) is 5.00 Å². The van der Waals surface area contributed by atoms with Crippen molar-refractivity contribution in [2.45, 2.75) is 39.0 Å². The van der Waals surface area contributed by atoms with Crippen LogP contribution in [0.25, 0.3) is 0 Å². The molecule has 0 aromatic carbocycles. The van der Waals surface area contributed by atoms with E-state index in [0.29, 0.717) is 0 Å². The third kappa shape index (κ3) is 2.58. The molecule has 0 unspecified atom stereocenters. The lowest BCUT2D eigenvalue weighted by Crippen LogP contribution is -2.19. The zero-order valence-corrected chi connectivity index (χ0v) is 9.97. The van der Waals surface area contributed by atoms with Crippen molar-refractivity contribution in [2.24, 2.45) is 0 Å². The zero-order chi connectivity index (χ0) is 9.19. The van der Waals surface area contributed by atoms with Gasteiger partial charge in [-0.1, -0.05) is 20.8 Å². The highest BCUT2D eigenvalue weighted by atomic mass is 35.5. The van der Waals surface area contributed by atoms with E-state index in [4.69, 9.17) is 5.73 Å². The van der Waals surface area contributed by atoms with E-state index in [1.165, 1.54) is 11.5 Å². The summed E-state index contributed by atoms with van der Waals surface area (Å²) in [5.41, 5.74) is 7.01. The Hall–Kier alpha value is -0.280. The van der Waals surface area contributed by atoms with Crippen LogP contribution >= 0.6 is 23.9 Å². The molecule has 0 amide bonds. The maximum Gasteiger partial charge on any atom is 0.107 e. The Balaban J connectivity index is 0.00000144. The summed E-state index contributed by atoms with van der Waals surface area (Å²) in [5, 5.41) is 0.818. The standard InChI is InChI=1S/C9H16N2S.ClH/c1-4-9(3,5-2)7-6-8(10)12-11-7;/h6H,4-5,10H2,1-3H3;1H. The van der Waals surface area contributed by atoms with Crippen molar-refractivity contribution in [3.8, 4) is 0 Å². The summed E-state index contributed by atoms with van der Waals surface area (Å²) in [7, 11) is 0. The molecule has 1 rings (SSSR count). The van der Waals surface area contributed by atoms with E-state index in [0.717, 1.165) is 23.5 Å². The summed E-state index contributed by atoms with van der Waals surface area (Å²) in [6.45, 7) is 6.62. The predicted octanol–water partition coefficient (Wildman–Crippen LogP) is 3.22. The summed E-state index contributed by atoms with van der Waals surface area (Å²) in [6.07, 6.45) is 2.24. The van der Waals surface area contributed by atoms with Gasteiger partial charge in [-0.15, -0.1) is 12.4 Å². The first kappa shape index (κ1) is 12.7. The summed E-state index contributed by atoms with van der Waals surface area (Å²) >= 11 is 1.39. The summed E-state index contributed by atoms with van der Waals surface area (Å²) in [6, 6.07) is 2.00. The first-order valence-electron chi connectivity index (χ1n) is 4.35. The minimum Gasteiger partial charge on any atom is -0.389 e. The molecule has 0 fully saturated rings. The van der Waals surface area contributed by atoms with E-state index >= 15 is 0 Å². The molecule has 2 nitrogen and oxygen atoms in total. The maximum atomic E-state index is 5.64. The monoisotopic (exact) mass is 220 g/mol. The van der Waals surface area contributed by atoms with Gasteiger partial charge in [-0.05, 0) is 30.4 Å². The van der Waals surface area contributed by atoms with Gasteiger partial charge in [0, 0.05) is 5.41 Å². The van der Waals surface area contributed by atoms with E-state index in [2.05, 4.69) is 25.1 Å². The number of halogens is 1. The second-order valence-corrected chi connectivity index (χ2v) is 4.22. The van der Waals surface area contributed by atoms with Crippen molar-refractivity contribution in [1.29, 1.82) is 0 Å². The van der Waals surface area contributed by atoms with Gasteiger partial charge in [-0.2, -0.15) is 4.37 Å². The second-order valence-electron chi connectivity index (χ2n) is 3.38. The third-order valence-electron chi connectivity index (χ3n) is 2.71. The van der Waals surface area contributed by atoms with E-state index in [9.17, 15) is 0 Å². The number of aromatic nitrogens is 1. The molecule has 76 valence electrons. The SMILES string of the molecule is CCC(C)(CC)c1cc(N)sn1.Cl. The van der Waals surface area contributed by atoms with Crippen LogP contribution < -0.4 is 5.73 Å². The predicted molar refractivity (Wildman–Crippen MR) is 61.7 cm³/mol. The molecule has 4 heteroatoms. The van der Waals surface area contributed by atoms with Crippen LogP contribution in [0.3, 0.4) is 0 Å². The van der Waals surface area contributed by atoms with Crippen molar-refractivity contribution < 1.29 is 0 Å². The van der Waals surface area contributed by atoms with Crippen LogP contribution in [-0.4, -0.2) is 4.37 Å². The fourth-order valence-corrected chi connectivity index (χ4v) is 1.83. The molecule has 1 heterocycles. The van der Waals surface area contributed by atoms with E-state index in [-0.39, 0.29) is 17.8 Å². The van der Waals surface area contributed by atoms with Gasteiger partial charge in [0.15, 0.2) is 0 Å². The van der Waals surface area contributed by atoms with E-state index in [1.54, 1.807) is 0 Å². The molecule has 13 heavy (non-hydrogen) atoms. The molecule has 1 aromatic heterocycles. The van der Waals surface area contributed by atoms with E-state index < -0.39 is 0 Å². The van der Waals surface area contributed by atoms with Crippen molar-refractivity contribution in [3.63, 3.8) is 0 Å². The smallest absolute Gasteiger partial charge is 0.107 e. The molecule has 0 aliphatic heterocycles. The molecule has 0 aliphatic carbocycles. The lowest BCUT2D eigenvalue weighted by atomic mass is 9.81. The fraction of sp³-hybridized carbons (Fsp3) is 0.667. The van der Waals surface area contributed by atoms with Gasteiger partial charge in [-0.25, -0.2) is 0 Å². The molecule has 0 bridgehead atoms. The maximum absolute atomic E-state index is 5.64. The first-order valence-corrected chi connectivity index (χ1v) is 5.12. The van der Waals surface area contributed by atoms with Crippen LogP contribution in [0.5, 0.6) is 0 Å². The average Bonchev–Trinajstić information content (AvgIpc) is 2.51. The van der Waals surface area contributed by atoms with Gasteiger partial charge >= 0.3 is 0 Å². The third-order valence-corrected chi connectivity index (χ3v) is 3.32. The second kappa shape index (κ2) is 4.82. The Morgan fingerprint density at radius 1 is 1.46 bits per heavy atom. The summed E-state index contributed by atoms with van der Waals surface area (Å²) < 4.78 is 4.35. The highest BCUT2D eigenvalue weighted by Gasteiger charge is 2.24. The highest BCUT2D eigenvalue weighted by Crippen LogP contribution is 2.32. The molecule has 0 saturated heterocycles. The quantitative estimate of drug-likeness (QED) is 0.850. The minimum absolute atomic E-state index is 0. The molecule has 0 spiro atoms. The Kier molecular flexibility index (Phi) is 4.71. The Morgan fingerprint density at radius 2 is 2.00 bits per heavy atom. The molecular formula is C9H17ClN2S. The van der Waals surface area contributed by atoms with Crippen molar-refractivity contribution >= 4 is 28.9 Å². The number of rotatable bonds is 3.